The van der Waals surface area contributed by atoms with Gasteiger partial charge in [0.05, 0.1) is 18.3 Å². The maximum Gasteiger partial charge on any atom is 0.119 e. The van der Waals surface area contributed by atoms with Gasteiger partial charge in [-0.15, -0.1) is 0 Å². The molecule has 3 nitrogen and oxygen atoms in total. The summed E-state index contributed by atoms with van der Waals surface area (Å²) in [6.45, 7) is 2.83. The van der Waals surface area contributed by atoms with Gasteiger partial charge in [-0.05, 0) is 62.6 Å². The maximum absolute atomic E-state index is 10.3. The molecule has 2 fully saturated rings. The molecule has 0 amide bonds. The van der Waals surface area contributed by atoms with Crippen LogP contribution in [0.1, 0.15) is 50.7 Å². The molecule has 20 heavy (non-hydrogen) atoms. The normalized spacial score (nSPS) is 26.9. The van der Waals surface area contributed by atoms with Crippen molar-refractivity contribution in [2.45, 2.75) is 57.3 Å². The van der Waals surface area contributed by atoms with Gasteiger partial charge in [-0.2, -0.15) is 0 Å². The number of aliphatic hydroxyl groups is 1. The Balaban J connectivity index is 1.46. The third-order valence-corrected chi connectivity index (χ3v) is 4.24. The molecule has 0 bridgehead atoms. The second-order valence-corrected chi connectivity index (χ2v) is 6.05. The fourth-order valence-corrected chi connectivity index (χ4v) is 2.84. The molecule has 0 saturated heterocycles. The minimum atomic E-state index is -0.363. The third-order valence-electron chi connectivity index (χ3n) is 4.24. The quantitative estimate of drug-likeness (QED) is 0.829. The van der Waals surface area contributed by atoms with Crippen molar-refractivity contribution in [1.82, 2.24) is 0 Å². The monoisotopic (exact) mass is 276 g/mol. The molecule has 0 heterocycles. The average molecular weight is 276 g/mol. The van der Waals surface area contributed by atoms with Gasteiger partial charge in [0.2, 0.25) is 0 Å². The van der Waals surface area contributed by atoms with Crippen LogP contribution in [0, 0.1) is 5.92 Å². The van der Waals surface area contributed by atoms with E-state index < -0.39 is 0 Å². The van der Waals surface area contributed by atoms with Gasteiger partial charge in [-0.1, -0.05) is 12.1 Å². The predicted octanol–water partition coefficient (Wildman–Crippen LogP) is 3.47. The Morgan fingerprint density at radius 1 is 1.15 bits per heavy atom. The van der Waals surface area contributed by atoms with E-state index in [4.69, 9.17) is 9.47 Å². The molecule has 1 atom stereocenters. The van der Waals surface area contributed by atoms with Crippen molar-refractivity contribution in [3.8, 4) is 5.75 Å². The highest BCUT2D eigenvalue weighted by molar-refractivity contribution is 5.29. The van der Waals surface area contributed by atoms with Gasteiger partial charge in [0.1, 0.15) is 5.75 Å². The van der Waals surface area contributed by atoms with E-state index >= 15 is 0 Å². The van der Waals surface area contributed by atoms with Crippen LogP contribution in [0.3, 0.4) is 0 Å². The van der Waals surface area contributed by atoms with Crippen LogP contribution in [0.5, 0.6) is 5.75 Å². The fraction of sp³-hybridized carbons (Fsp3) is 0.647. The molecule has 1 N–H and O–H groups in total. The largest absolute Gasteiger partial charge is 0.490 e. The van der Waals surface area contributed by atoms with E-state index in [1.54, 1.807) is 0 Å². The topological polar surface area (TPSA) is 38.7 Å². The molecular weight excluding hydrogens is 252 g/mol. The van der Waals surface area contributed by atoms with Gasteiger partial charge in [-0.3, -0.25) is 0 Å². The number of hydrogen-bond donors (Lipinski definition) is 1. The molecule has 2 aliphatic carbocycles. The lowest BCUT2D eigenvalue weighted by Gasteiger charge is -2.36. The van der Waals surface area contributed by atoms with Crippen molar-refractivity contribution in [2.24, 2.45) is 5.92 Å². The lowest BCUT2D eigenvalue weighted by atomic mass is 9.78. The summed E-state index contributed by atoms with van der Waals surface area (Å²) in [5, 5.41) is 10.3. The van der Waals surface area contributed by atoms with Crippen molar-refractivity contribution in [2.75, 3.05) is 6.61 Å². The smallest absolute Gasteiger partial charge is 0.119 e. The number of ether oxygens (including phenoxy) is 2. The lowest BCUT2D eigenvalue weighted by molar-refractivity contribution is -0.0380. The van der Waals surface area contributed by atoms with E-state index in [1.165, 1.54) is 12.8 Å². The molecule has 1 aromatic carbocycles. The molecule has 2 saturated carbocycles. The highest BCUT2D eigenvalue weighted by Gasteiger charge is 2.31. The van der Waals surface area contributed by atoms with Crippen LogP contribution >= 0.6 is 0 Å². The molecule has 2 aliphatic rings. The number of aliphatic hydroxyl groups excluding tert-OH is 1. The maximum atomic E-state index is 10.3. The minimum Gasteiger partial charge on any atom is -0.490 e. The Morgan fingerprint density at radius 2 is 1.85 bits per heavy atom. The van der Waals surface area contributed by atoms with Crippen LogP contribution in [0.15, 0.2) is 24.3 Å². The summed E-state index contributed by atoms with van der Waals surface area (Å²) in [7, 11) is 0. The van der Waals surface area contributed by atoms with Crippen LogP contribution in [0.25, 0.3) is 0 Å². The van der Waals surface area contributed by atoms with E-state index in [2.05, 4.69) is 0 Å². The fourth-order valence-electron chi connectivity index (χ4n) is 2.84. The lowest BCUT2D eigenvalue weighted by Crippen LogP contribution is -2.32. The number of benzene rings is 1. The van der Waals surface area contributed by atoms with Crippen LogP contribution in [0.4, 0.5) is 0 Å². The van der Waals surface area contributed by atoms with Gasteiger partial charge < -0.3 is 14.6 Å². The zero-order valence-corrected chi connectivity index (χ0v) is 12.1. The average Bonchev–Trinajstić information content (AvgIpc) is 3.21. The summed E-state index contributed by atoms with van der Waals surface area (Å²) >= 11 is 0. The first-order chi connectivity index (χ1) is 9.74. The Kier molecular flexibility index (Phi) is 4.27. The van der Waals surface area contributed by atoms with Crippen LogP contribution in [-0.4, -0.2) is 23.9 Å². The zero-order chi connectivity index (χ0) is 13.9. The molecule has 1 unspecified atom stereocenters. The Morgan fingerprint density at radius 3 is 2.45 bits per heavy atom. The first-order valence-corrected chi connectivity index (χ1v) is 7.81. The van der Waals surface area contributed by atoms with Gasteiger partial charge in [0, 0.05) is 6.61 Å². The molecule has 0 aliphatic heterocycles. The van der Waals surface area contributed by atoms with E-state index in [-0.39, 0.29) is 6.10 Å². The van der Waals surface area contributed by atoms with Gasteiger partial charge >= 0.3 is 0 Å². The summed E-state index contributed by atoms with van der Waals surface area (Å²) in [6.07, 6.45) is 5.86. The summed E-state index contributed by atoms with van der Waals surface area (Å²) in [5.41, 5.74) is 0.994. The van der Waals surface area contributed by atoms with Crippen molar-refractivity contribution in [3.63, 3.8) is 0 Å². The Labute approximate surface area is 120 Å². The van der Waals surface area contributed by atoms with Crippen molar-refractivity contribution < 1.29 is 14.6 Å². The van der Waals surface area contributed by atoms with Crippen LogP contribution in [-0.2, 0) is 4.74 Å². The first kappa shape index (κ1) is 13.9. The van der Waals surface area contributed by atoms with E-state index in [0.29, 0.717) is 18.1 Å². The molecule has 0 spiro atoms. The van der Waals surface area contributed by atoms with Crippen LogP contribution in [0.2, 0.25) is 0 Å². The molecule has 3 heteroatoms. The number of hydrogen-bond acceptors (Lipinski definition) is 3. The molecular formula is C17H24O3. The van der Waals surface area contributed by atoms with E-state index in [0.717, 1.165) is 37.2 Å². The Hall–Kier alpha value is -1.06. The van der Waals surface area contributed by atoms with Gasteiger partial charge in [0.15, 0.2) is 0 Å². The summed E-state index contributed by atoms with van der Waals surface area (Å²) in [5.74, 6) is 1.52. The molecule has 1 aromatic rings. The molecule has 0 aromatic heterocycles. The zero-order valence-electron chi connectivity index (χ0n) is 12.1. The van der Waals surface area contributed by atoms with E-state index in [1.807, 2.05) is 31.2 Å². The standard InChI is InChI=1S/C17H24O3/c1-2-19-16-9-12(10-16)11-17(18)13-3-5-14(6-4-13)20-15-7-8-15/h3-6,12,15-18H,2,7-11H2,1H3. The Bertz CT molecular complexity index is 418. The summed E-state index contributed by atoms with van der Waals surface area (Å²) in [4.78, 5) is 0. The van der Waals surface area contributed by atoms with Gasteiger partial charge in [0.25, 0.3) is 0 Å². The molecule has 110 valence electrons. The number of rotatable bonds is 7. The SMILES string of the molecule is CCOC1CC(CC(O)c2ccc(OC3CC3)cc2)C1. The summed E-state index contributed by atoms with van der Waals surface area (Å²) in [6, 6.07) is 7.92. The van der Waals surface area contributed by atoms with Crippen LogP contribution < -0.4 is 4.74 Å². The highest BCUT2D eigenvalue weighted by Crippen LogP contribution is 2.37. The third kappa shape index (κ3) is 3.53. The first-order valence-electron chi connectivity index (χ1n) is 7.81. The predicted molar refractivity (Wildman–Crippen MR) is 77.8 cm³/mol. The second kappa shape index (κ2) is 6.15. The van der Waals surface area contributed by atoms with Crippen molar-refractivity contribution in [1.29, 1.82) is 0 Å². The minimum absolute atomic E-state index is 0.363. The van der Waals surface area contributed by atoms with E-state index in [9.17, 15) is 5.11 Å². The highest BCUT2D eigenvalue weighted by atomic mass is 16.5. The molecule has 3 rings (SSSR count). The van der Waals surface area contributed by atoms with Crippen molar-refractivity contribution >= 4 is 0 Å². The van der Waals surface area contributed by atoms with Crippen molar-refractivity contribution in [3.05, 3.63) is 29.8 Å². The molecule has 0 radical (unpaired) electrons. The van der Waals surface area contributed by atoms with Gasteiger partial charge in [-0.25, -0.2) is 0 Å². The summed E-state index contributed by atoms with van der Waals surface area (Å²) < 4.78 is 11.3. The second-order valence-electron chi connectivity index (χ2n) is 6.05.